The van der Waals surface area contributed by atoms with Crippen LogP contribution >= 0.6 is 0 Å². The molecule has 0 saturated heterocycles. The van der Waals surface area contributed by atoms with E-state index in [0.717, 1.165) is 12.5 Å². The monoisotopic (exact) mass is 234 g/mol. The van der Waals surface area contributed by atoms with Crippen molar-refractivity contribution in [2.24, 2.45) is 4.99 Å². The number of guanidine groups is 1. The number of para-hydroxylation sites is 1. The second-order valence-electron chi connectivity index (χ2n) is 4.00. The smallest absolute Gasteiger partial charge is 0.190 e. The van der Waals surface area contributed by atoms with Crippen LogP contribution in [0, 0.1) is 0 Å². The van der Waals surface area contributed by atoms with Crippen LogP contribution in [-0.4, -0.2) is 39.7 Å². The molecule has 0 aromatic heterocycles. The Morgan fingerprint density at radius 3 is 2.53 bits per heavy atom. The molecule has 1 rings (SSSR count). The van der Waals surface area contributed by atoms with Crippen LogP contribution in [0.4, 0.5) is 5.69 Å². The number of rotatable bonds is 4. The van der Waals surface area contributed by atoms with Gasteiger partial charge in [-0.25, -0.2) is 0 Å². The van der Waals surface area contributed by atoms with E-state index in [0.29, 0.717) is 6.04 Å². The molecule has 0 aliphatic rings. The van der Waals surface area contributed by atoms with Gasteiger partial charge < -0.3 is 15.5 Å². The summed E-state index contributed by atoms with van der Waals surface area (Å²) in [5.41, 5.74) is 1.22. The van der Waals surface area contributed by atoms with E-state index in [9.17, 15) is 0 Å². The topological polar surface area (TPSA) is 39.7 Å². The number of nitrogens with one attached hydrogen (secondary N) is 2. The fourth-order valence-electron chi connectivity index (χ4n) is 1.58. The van der Waals surface area contributed by atoms with Crippen LogP contribution in [0.5, 0.6) is 0 Å². The van der Waals surface area contributed by atoms with Crippen molar-refractivity contribution in [2.45, 2.75) is 13.0 Å². The molecule has 0 unspecified atom stereocenters. The van der Waals surface area contributed by atoms with E-state index in [1.165, 1.54) is 5.69 Å². The van der Waals surface area contributed by atoms with Gasteiger partial charge in [-0.1, -0.05) is 18.2 Å². The summed E-state index contributed by atoms with van der Waals surface area (Å²) in [4.78, 5) is 6.33. The lowest BCUT2D eigenvalue weighted by atomic mass is 10.2. The average Bonchev–Trinajstić information content (AvgIpc) is 2.39. The SMILES string of the molecule is CN=C(NC)NC[C@H](C)N(C)c1ccccc1. The Balaban J connectivity index is 2.50. The molecule has 0 spiro atoms. The highest BCUT2D eigenvalue weighted by Gasteiger charge is 2.09. The first-order valence-corrected chi connectivity index (χ1v) is 5.85. The predicted molar refractivity (Wildman–Crippen MR) is 74.7 cm³/mol. The molecule has 0 bridgehead atoms. The van der Waals surface area contributed by atoms with Crippen molar-refractivity contribution in [1.82, 2.24) is 10.6 Å². The van der Waals surface area contributed by atoms with Crippen molar-refractivity contribution in [3.8, 4) is 0 Å². The molecular weight excluding hydrogens is 212 g/mol. The molecule has 1 atom stereocenters. The second kappa shape index (κ2) is 6.78. The van der Waals surface area contributed by atoms with E-state index >= 15 is 0 Å². The van der Waals surface area contributed by atoms with Gasteiger partial charge in [-0.15, -0.1) is 0 Å². The number of benzene rings is 1. The molecule has 1 aromatic rings. The van der Waals surface area contributed by atoms with Crippen LogP contribution in [0.3, 0.4) is 0 Å². The molecule has 17 heavy (non-hydrogen) atoms. The zero-order valence-electron chi connectivity index (χ0n) is 11.1. The lowest BCUT2D eigenvalue weighted by molar-refractivity contribution is 0.653. The molecule has 0 radical (unpaired) electrons. The number of hydrogen-bond donors (Lipinski definition) is 2. The average molecular weight is 234 g/mol. The summed E-state index contributed by atoms with van der Waals surface area (Å²) >= 11 is 0. The summed E-state index contributed by atoms with van der Waals surface area (Å²) in [5.74, 6) is 0.818. The van der Waals surface area contributed by atoms with Crippen LogP contribution in [0.25, 0.3) is 0 Å². The minimum absolute atomic E-state index is 0.391. The highest BCUT2D eigenvalue weighted by atomic mass is 15.2. The van der Waals surface area contributed by atoms with E-state index < -0.39 is 0 Å². The van der Waals surface area contributed by atoms with E-state index in [-0.39, 0.29) is 0 Å². The molecule has 0 aliphatic heterocycles. The zero-order chi connectivity index (χ0) is 12.7. The van der Waals surface area contributed by atoms with Gasteiger partial charge in [0, 0.05) is 39.4 Å². The summed E-state index contributed by atoms with van der Waals surface area (Å²) in [6.07, 6.45) is 0. The van der Waals surface area contributed by atoms with Crippen molar-refractivity contribution in [3.63, 3.8) is 0 Å². The van der Waals surface area contributed by atoms with Gasteiger partial charge >= 0.3 is 0 Å². The number of likely N-dealkylation sites (N-methyl/N-ethyl adjacent to an activating group) is 1. The minimum atomic E-state index is 0.391. The molecular formula is C13H22N4. The van der Waals surface area contributed by atoms with Gasteiger partial charge in [0.15, 0.2) is 5.96 Å². The van der Waals surface area contributed by atoms with E-state index in [1.807, 2.05) is 13.1 Å². The number of hydrogen-bond acceptors (Lipinski definition) is 2. The Morgan fingerprint density at radius 2 is 2.00 bits per heavy atom. The lowest BCUT2D eigenvalue weighted by Gasteiger charge is -2.27. The maximum absolute atomic E-state index is 4.09. The van der Waals surface area contributed by atoms with E-state index in [2.05, 4.69) is 58.8 Å². The van der Waals surface area contributed by atoms with Gasteiger partial charge in [-0.2, -0.15) is 0 Å². The number of anilines is 1. The fraction of sp³-hybridized carbons (Fsp3) is 0.462. The molecule has 0 aliphatic carbocycles. The molecule has 0 heterocycles. The summed E-state index contributed by atoms with van der Waals surface area (Å²) in [7, 11) is 5.73. The summed E-state index contributed by atoms with van der Waals surface area (Å²) in [6.45, 7) is 3.03. The highest BCUT2D eigenvalue weighted by Crippen LogP contribution is 2.13. The summed E-state index contributed by atoms with van der Waals surface area (Å²) < 4.78 is 0. The Kier molecular flexibility index (Phi) is 5.33. The Labute approximate surface area is 104 Å². The Morgan fingerprint density at radius 1 is 1.35 bits per heavy atom. The van der Waals surface area contributed by atoms with Gasteiger partial charge in [0.2, 0.25) is 0 Å². The standard InChI is InChI=1S/C13H22N4/c1-11(10-16-13(14-2)15-3)17(4)12-8-6-5-7-9-12/h5-9,11H,10H2,1-4H3,(H2,14,15,16)/t11-/m0/s1. The third-order valence-corrected chi connectivity index (χ3v) is 2.85. The fourth-order valence-corrected chi connectivity index (χ4v) is 1.58. The van der Waals surface area contributed by atoms with E-state index in [4.69, 9.17) is 0 Å². The third kappa shape index (κ3) is 3.98. The van der Waals surface area contributed by atoms with Gasteiger partial charge in [-0.3, -0.25) is 4.99 Å². The van der Waals surface area contributed by atoms with Crippen LogP contribution < -0.4 is 15.5 Å². The normalized spacial score (nSPS) is 13.1. The maximum atomic E-state index is 4.09. The van der Waals surface area contributed by atoms with E-state index in [1.54, 1.807) is 7.05 Å². The summed E-state index contributed by atoms with van der Waals surface area (Å²) in [6, 6.07) is 10.8. The molecule has 1 aromatic carbocycles. The first-order chi connectivity index (χ1) is 8.19. The van der Waals surface area contributed by atoms with Crippen molar-refractivity contribution in [2.75, 3.05) is 32.6 Å². The maximum Gasteiger partial charge on any atom is 0.190 e. The Bertz CT molecular complexity index is 348. The predicted octanol–water partition coefficient (Wildman–Crippen LogP) is 1.31. The van der Waals surface area contributed by atoms with Crippen molar-refractivity contribution >= 4 is 11.6 Å². The molecule has 4 nitrogen and oxygen atoms in total. The molecule has 2 N–H and O–H groups in total. The zero-order valence-corrected chi connectivity index (χ0v) is 11.1. The van der Waals surface area contributed by atoms with Crippen LogP contribution in [0.1, 0.15) is 6.92 Å². The van der Waals surface area contributed by atoms with Crippen molar-refractivity contribution in [3.05, 3.63) is 30.3 Å². The molecule has 4 heteroatoms. The number of aliphatic imine (C=N–C) groups is 1. The second-order valence-corrected chi connectivity index (χ2v) is 4.00. The van der Waals surface area contributed by atoms with Crippen LogP contribution in [-0.2, 0) is 0 Å². The van der Waals surface area contributed by atoms with Gasteiger partial charge in [0.25, 0.3) is 0 Å². The van der Waals surface area contributed by atoms with Crippen molar-refractivity contribution in [1.29, 1.82) is 0 Å². The summed E-state index contributed by atoms with van der Waals surface area (Å²) in [5, 5.41) is 6.27. The van der Waals surface area contributed by atoms with Gasteiger partial charge in [0.05, 0.1) is 0 Å². The van der Waals surface area contributed by atoms with Crippen LogP contribution in [0.15, 0.2) is 35.3 Å². The van der Waals surface area contributed by atoms with Crippen molar-refractivity contribution < 1.29 is 0 Å². The third-order valence-electron chi connectivity index (χ3n) is 2.85. The molecule has 0 saturated carbocycles. The highest BCUT2D eigenvalue weighted by molar-refractivity contribution is 5.79. The van der Waals surface area contributed by atoms with Crippen LogP contribution in [0.2, 0.25) is 0 Å². The van der Waals surface area contributed by atoms with Gasteiger partial charge in [-0.05, 0) is 19.1 Å². The Hall–Kier alpha value is -1.71. The minimum Gasteiger partial charge on any atom is -0.370 e. The lowest BCUT2D eigenvalue weighted by Crippen LogP contribution is -2.44. The largest absolute Gasteiger partial charge is 0.370 e. The molecule has 0 amide bonds. The molecule has 94 valence electrons. The van der Waals surface area contributed by atoms with Gasteiger partial charge in [0.1, 0.15) is 0 Å². The quantitative estimate of drug-likeness (QED) is 0.609. The first kappa shape index (κ1) is 13.4. The number of nitrogens with zero attached hydrogens (tertiary/aromatic N) is 2. The first-order valence-electron chi connectivity index (χ1n) is 5.85. The molecule has 0 fully saturated rings.